The van der Waals surface area contributed by atoms with Crippen LogP contribution in [0.2, 0.25) is 5.02 Å². The summed E-state index contributed by atoms with van der Waals surface area (Å²) in [5.74, 6) is -1.01. The highest BCUT2D eigenvalue weighted by Gasteiger charge is 2.11. The van der Waals surface area contributed by atoms with Gasteiger partial charge in [0.2, 0.25) is 0 Å². The van der Waals surface area contributed by atoms with Gasteiger partial charge in [0.05, 0.1) is 10.6 Å². The fraction of sp³-hybridized carbons (Fsp3) is 0. The Morgan fingerprint density at radius 2 is 1.89 bits per heavy atom. The van der Waals surface area contributed by atoms with Gasteiger partial charge in [-0.15, -0.1) is 11.3 Å². The number of halogens is 1. The molecule has 1 aromatic heterocycles. The minimum Gasteiger partial charge on any atom is -0.478 e. The lowest BCUT2D eigenvalue weighted by atomic mass is 10.1. The van der Waals surface area contributed by atoms with Crippen LogP contribution in [0.4, 0.5) is 0 Å². The molecule has 0 radical (unpaired) electrons. The van der Waals surface area contributed by atoms with Crippen LogP contribution in [0, 0.1) is 0 Å². The van der Waals surface area contributed by atoms with E-state index in [9.17, 15) is 4.79 Å². The fourth-order valence-corrected chi connectivity index (χ4v) is 3.22. The Hall–Kier alpha value is -1.84. The summed E-state index contributed by atoms with van der Waals surface area (Å²) >= 11 is 7.52. The Balaban J connectivity index is 2.16. The molecule has 0 aliphatic heterocycles. The van der Waals surface area contributed by atoms with Crippen molar-refractivity contribution in [3.63, 3.8) is 0 Å². The normalized spacial score (nSPS) is 10.8. The molecule has 0 spiro atoms. The van der Waals surface area contributed by atoms with Crippen LogP contribution < -0.4 is 0 Å². The number of carboxylic acid groups (broad SMARTS) is 1. The van der Waals surface area contributed by atoms with Crippen LogP contribution in [-0.4, -0.2) is 11.1 Å². The zero-order valence-electron chi connectivity index (χ0n) is 9.76. The maximum atomic E-state index is 11.1. The van der Waals surface area contributed by atoms with Crippen molar-refractivity contribution >= 4 is 39.0 Å². The Bertz CT molecular complexity index is 744. The largest absolute Gasteiger partial charge is 0.478 e. The number of thiophene rings is 1. The Morgan fingerprint density at radius 1 is 1.11 bits per heavy atom. The van der Waals surface area contributed by atoms with Crippen molar-refractivity contribution in [3.8, 4) is 10.4 Å². The minimum atomic E-state index is -1.01. The monoisotopic (exact) mass is 288 g/mol. The maximum absolute atomic E-state index is 11.1. The molecule has 2 nitrogen and oxygen atoms in total. The van der Waals surface area contributed by atoms with Gasteiger partial charge in [-0.1, -0.05) is 35.9 Å². The van der Waals surface area contributed by atoms with E-state index >= 15 is 0 Å². The SMILES string of the molecule is O=C(O)c1cc(-c2cc3ccccc3s2)ccc1Cl. The molecule has 2 aromatic carbocycles. The van der Waals surface area contributed by atoms with Gasteiger partial charge in [-0.3, -0.25) is 0 Å². The van der Waals surface area contributed by atoms with Crippen LogP contribution in [0.1, 0.15) is 10.4 Å². The van der Waals surface area contributed by atoms with Gasteiger partial charge in [0.1, 0.15) is 0 Å². The molecule has 19 heavy (non-hydrogen) atoms. The van der Waals surface area contributed by atoms with Crippen LogP contribution in [-0.2, 0) is 0 Å². The van der Waals surface area contributed by atoms with E-state index in [0.717, 1.165) is 15.8 Å². The van der Waals surface area contributed by atoms with E-state index in [1.807, 2.05) is 24.3 Å². The van der Waals surface area contributed by atoms with Gasteiger partial charge in [-0.25, -0.2) is 4.79 Å². The van der Waals surface area contributed by atoms with E-state index < -0.39 is 5.97 Å². The average Bonchev–Trinajstić information content (AvgIpc) is 2.82. The number of benzene rings is 2. The molecule has 4 heteroatoms. The standard InChI is InChI=1S/C15H9ClO2S/c16-12-6-5-10(7-11(12)15(17)18)14-8-9-3-1-2-4-13(9)19-14/h1-8H,(H,17,18). The summed E-state index contributed by atoms with van der Waals surface area (Å²) in [7, 11) is 0. The van der Waals surface area contributed by atoms with Gasteiger partial charge in [-0.05, 0) is 35.2 Å². The number of carbonyl (C=O) groups is 1. The van der Waals surface area contributed by atoms with Gasteiger partial charge in [0.15, 0.2) is 0 Å². The lowest BCUT2D eigenvalue weighted by Gasteiger charge is -2.02. The van der Waals surface area contributed by atoms with E-state index in [-0.39, 0.29) is 10.6 Å². The Morgan fingerprint density at radius 3 is 2.63 bits per heavy atom. The third-order valence-electron chi connectivity index (χ3n) is 2.91. The van der Waals surface area contributed by atoms with E-state index in [0.29, 0.717) is 0 Å². The van der Waals surface area contributed by atoms with E-state index in [2.05, 4.69) is 12.1 Å². The number of hydrogen-bond donors (Lipinski definition) is 1. The molecule has 0 aliphatic carbocycles. The first-order valence-corrected chi connectivity index (χ1v) is 6.86. The average molecular weight is 289 g/mol. The third kappa shape index (κ3) is 2.23. The molecule has 0 saturated heterocycles. The quantitative estimate of drug-likeness (QED) is 0.727. The summed E-state index contributed by atoms with van der Waals surface area (Å²) in [5, 5.41) is 10.5. The van der Waals surface area contributed by atoms with Crippen LogP contribution in [0.15, 0.2) is 48.5 Å². The number of fused-ring (bicyclic) bond motifs is 1. The topological polar surface area (TPSA) is 37.3 Å². The molecule has 0 aliphatic rings. The molecule has 0 amide bonds. The number of hydrogen-bond acceptors (Lipinski definition) is 2. The lowest BCUT2D eigenvalue weighted by Crippen LogP contribution is -1.97. The van der Waals surface area contributed by atoms with Crippen molar-refractivity contribution in [2.24, 2.45) is 0 Å². The van der Waals surface area contributed by atoms with Gasteiger partial charge in [-0.2, -0.15) is 0 Å². The second-order valence-corrected chi connectivity index (χ2v) is 5.64. The lowest BCUT2D eigenvalue weighted by molar-refractivity contribution is 0.0697. The first-order chi connectivity index (χ1) is 9.15. The van der Waals surface area contributed by atoms with E-state index in [1.54, 1.807) is 23.5 Å². The molecular weight excluding hydrogens is 280 g/mol. The van der Waals surface area contributed by atoms with E-state index in [4.69, 9.17) is 16.7 Å². The zero-order chi connectivity index (χ0) is 13.4. The number of rotatable bonds is 2. The van der Waals surface area contributed by atoms with Crippen LogP contribution >= 0.6 is 22.9 Å². The molecule has 3 rings (SSSR count). The summed E-state index contributed by atoms with van der Waals surface area (Å²) in [5.41, 5.74) is 1.01. The number of aromatic carboxylic acids is 1. The molecule has 94 valence electrons. The zero-order valence-corrected chi connectivity index (χ0v) is 11.3. The fourth-order valence-electron chi connectivity index (χ4n) is 1.97. The van der Waals surface area contributed by atoms with Crippen molar-refractivity contribution in [1.29, 1.82) is 0 Å². The molecular formula is C15H9ClO2S. The van der Waals surface area contributed by atoms with Gasteiger partial charge >= 0.3 is 5.97 Å². The molecule has 3 aromatic rings. The highest BCUT2D eigenvalue weighted by molar-refractivity contribution is 7.22. The van der Waals surface area contributed by atoms with Crippen molar-refractivity contribution in [2.75, 3.05) is 0 Å². The Labute approximate surface area is 118 Å². The first-order valence-electron chi connectivity index (χ1n) is 5.67. The summed E-state index contributed by atoms with van der Waals surface area (Å²) in [6, 6.07) is 15.2. The van der Waals surface area contributed by atoms with Crippen molar-refractivity contribution in [1.82, 2.24) is 0 Å². The van der Waals surface area contributed by atoms with Crippen LogP contribution in [0.3, 0.4) is 0 Å². The molecule has 1 heterocycles. The van der Waals surface area contributed by atoms with Crippen molar-refractivity contribution < 1.29 is 9.90 Å². The molecule has 0 saturated carbocycles. The smallest absolute Gasteiger partial charge is 0.337 e. The second-order valence-electron chi connectivity index (χ2n) is 4.15. The highest BCUT2D eigenvalue weighted by atomic mass is 35.5. The summed E-state index contributed by atoms with van der Waals surface area (Å²) in [4.78, 5) is 12.1. The molecule has 0 fully saturated rings. The highest BCUT2D eigenvalue weighted by Crippen LogP contribution is 2.34. The molecule has 1 N–H and O–H groups in total. The third-order valence-corrected chi connectivity index (χ3v) is 4.40. The summed E-state index contributed by atoms with van der Waals surface area (Å²) < 4.78 is 1.18. The minimum absolute atomic E-state index is 0.136. The van der Waals surface area contributed by atoms with Gasteiger partial charge in [0.25, 0.3) is 0 Å². The Kier molecular flexibility index (Phi) is 3.01. The van der Waals surface area contributed by atoms with Crippen LogP contribution in [0.5, 0.6) is 0 Å². The summed E-state index contributed by atoms with van der Waals surface area (Å²) in [6.45, 7) is 0. The van der Waals surface area contributed by atoms with E-state index in [1.165, 1.54) is 4.70 Å². The van der Waals surface area contributed by atoms with Crippen LogP contribution in [0.25, 0.3) is 20.5 Å². The predicted octanol–water partition coefficient (Wildman–Crippen LogP) is 4.92. The second kappa shape index (κ2) is 4.68. The van der Waals surface area contributed by atoms with Crippen molar-refractivity contribution in [2.45, 2.75) is 0 Å². The summed E-state index contributed by atoms with van der Waals surface area (Å²) in [6.07, 6.45) is 0. The molecule has 0 atom stereocenters. The van der Waals surface area contributed by atoms with Gasteiger partial charge in [0, 0.05) is 9.58 Å². The van der Waals surface area contributed by atoms with Gasteiger partial charge < -0.3 is 5.11 Å². The molecule has 0 bridgehead atoms. The first kappa shape index (κ1) is 12.2. The van der Waals surface area contributed by atoms with Crippen molar-refractivity contribution in [3.05, 3.63) is 59.1 Å². The predicted molar refractivity (Wildman–Crippen MR) is 79.2 cm³/mol. The molecule has 0 unspecified atom stereocenters. The number of carboxylic acids is 1. The maximum Gasteiger partial charge on any atom is 0.337 e.